The summed E-state index contributed by atoms with van der Waals surface area (Å²) < 4.78 is 31.4. The predicted octanol–water partition coefficient (Wildman–Crippen LogP) is 3.49. The Kier molecular flexibility index (Phi) is 10.6. The van der Waals surface area contributed by atoms with E-state index >= 15 is 0 Å². The van der Waals surface area contributed by atoms with Gasteiger partial charge in [-0.3, -0.25) is 13.9 Å². The number of hydrogen-bond donors (Lipinski definition) is 1. The van der Waals surface area contributed by atoms with Crippen molar-refractivity contribution in [2.75, 3.05) is 30.8 Å². The van der Waals surface area contributed by atoms with E-state index in [0.717, 1.165) is 17.4 Å². The van der Waals surface area contributed by atoms with E-state index in [0.29, 0.717) is 30.8 Å². The SMILES string of the molecule is CCNC(=O)[C@H](CC)N(Cc1cccc(OC)c1)C(=O)CCCN(c1ccc(C)cc1)S(C)(=O)=O. The number of methoxy groups -OCH3 is 1. The van der Waals surface area contributed by atoms with E-state index < -0.39 is 16.1 Å². The lowest BCUT2D eigenvalue weighted by Crippen LogP contribution is -2.49. The molecule has 1 N–H and O–H groups in total. The van der Waals surface area contributed by atoms with Gasteiger partial charge in [-0.2, -0.15) is 0 Å². The summed E-state index contributed by atoms with van der Waals surface area (Å²) in [6.07, 6.45) is 2.05. The summed E-state index contributed by atoms with van der Waals surface area (Å²) in [5.74, 6) is 0.259. The van der Waals surface area contributed by atoms with Crippen LogP contribution in [-0.4, -0.2) is 57.6 Å². The van der Waals surface area contributed by atoms with Crippen LogP contribution in [0.4, 0.5) is 5.69 Å². The molecule has 2 aromatic carbocycles. The fourth-order valence-electron chi connectivity index (χ4n) is 3.89. The zero-order valence-corrected chi connectivity index (χ0v) is 22.1. The number of nitrogens with zero attached hydrogens (tertiary/aromatic N) is 2. The molecule has 0 spiro atoms. The standard InChI is InChI=1S/C26H37N3O5S/c1-6-24(26(31)27-7-2)28(19-21-10-8-11-23(18-21)34-4)25(30)12-9-17-29(35(5,32)33)22-15-13-20(3)14-16-22/h8,10-11,13-16,18,24H,6-7,9,12,17,19H2,1-5H3,(H,27,31)/t24-/m0/s1. The molecular weight excluding hydrogens is 466 g/mol. The first-order valence-corrected chi connectivity index (χ1v) is 13.7. The van der Waals surface area contributed by atoms with Crippen LogP contribution in [0.25, 0.3) is 0 Å². The Bertz CT molecular complexity index is 1090. The van der Waals surface area contributed by atoms with Gasteiger partial charge in [0.25, 0.3) is 0 Å². The second-order valence-corrected chi connectivity index (χ2v) is 10.4. The smallest absolute Gasteiger partial charge is 0.242 e. The van der Waals surface area contributed by atoms with Crippen LogP contribution in [0.2, 0.25) is 0 Å². The first-order chi connectivity index (χ1) is 16.6. The number of amides is 2. The third-order valence-corrected chi connectivity index (χ3v) is 6.89. The fraction of sp³-hybridized carbons (Fsp3) is 0.462. The van der Waals surface area contributed by atoms with Gasteiger partial charge in [-0.05, 0) is 56.5 Å². The Morgan fingerprint density at radius 3 is 2.34 bits per heavy atom. The molecule has 192 valence electrons. The highest BCUT2D eigenvalue weighted by molar-refractivity contribution is 7.92. The highest BCUT2D eigenvalue weighted by Gasteiger charge is 2.28. The second-order valence-electron chi connectivity index (χ2n) is 8.47. The zero-order valence-electron chi connectivity index (χ0n) is 21.3. The summed E-state index contributed by atoms with van der Waals surface area (Å²) in [5, 5.41) is 2.82. The van der Waals surface area contributed by atoms with Crippen molar-refractivity contribution in [1.29, 1.82) is 0 Å². The van der Waals surface area contributed by atoms with Crippen molar-refractivity contribution in [2.24, 2.45) is 0 Å². The van der Waals surface area contributed by atoms with E-state index in [4.69, 9.17) is 4.74 Å². The van der Waals surface area contributed by atoms with Crippen molar-refractivity contribution in [3.63, 3.8) is 0 Å². The first kappa shape index (κ1) is 28.2. The van der Waals surface area contributed by atoms with Crippen LogP contribution >= 0.6 is 0 Å². The van der Waals surface area contributed by atoms with Gasteiger partial charge in [0, 0.05) is 26.1 Å². The van der Waals surface area contributed by atoms with Gasteiger partial charge in [0.2, 0.25) is 21.8 Å². The molecule has 0 unspecified atom stereocenters. The Hall–Kier alpha value is -3.07. The highest BCUT2D eigenvalue weighted by atomic mass is 32.2. The van der Waals surface area contributed by atoms with Gasteiger partial charge >= 0.3 is 0 Å². The Morgan fingerprint density at radius 2 is 1.77 bits per heavy atom. The van der Waals surface area contributed by atoms with Crippen LogP contribution in [0.15, 0.2) is 48.5 Å². The van der Waals surface area contributed by atoms with Crippen LogP contribution in [0.3, 0.4) is 0 Å². The molecular formula is C26H37N3O5S. The van der Waals surface area contributed by atoms with Crippen molar-refractivity contribution in [2.45, 2.75) is 52.6 Å². The van der Waals surface area contributed by atoms with Crippen LogP contribution in [0.1, 0.15) is 44.2 Å². The fourth-order valence-corrected chi connectivity index (χ4v) is 4.86. The minimum Gasteiger partial charge on any atom is -0.497 e. The molecule has 0 radical (unpaired) electrons. The third-order valence-electron chi connectivity index (χ3n) is 5.70. The van der Waals surface area contributed by atoms with Gasteiger partial charge < -0.3 is 15.0 Å². The summed E-state index contributed by atoms with van der Waals surface area (Å²) in [5.41, 5.74) is 2.44. The topological polar surface area (TPSA) is 96.0 Å². The van der Waals surface area contributed by atoms with E-state index in [1.54, 1.807) is 24.1 Å². The monoisotopic (exact) mass is 503 g/mol. The summed E-state index contributed by atoms with van der Waals surface area (Å²) in [6.45, 7) is 6.52. The Labute approximate surface area is 209 Å². The molecule has 35 heavy (non-hydrogen) atoms. The zero-order chi connectivity index (χ0) is 26.0. The molecule has 0 bridgehead atoms. The molecule has 2 aromatic rings. The number of likely N-dealkylation sites (N-methyl/N-ethyl adjacent to an activating group) is 1. The molecule has 2 amide bonds. The lowest BCUT2D eigenvalue weighted by molar-refractivity contribution is -0.141. The van der Waals surface area contributed by atoms with E-state index in [1.807, 2.05) is 57.2 Å². The maximum atomic E-state index is 13.4. The number of sulfonamides is 1. The molecule has 8 nitrogen and oxygen atoms in total. The molecule has 0 aliphatic carbocycles. The maximum absolute atomic E-state index is 13.4. The van der Waals surface area contributed by atoms with Crippen molar-refractivity contribution < 1.29 is 22.7 Å². The second kappa shape index (κ2) is 13.1. The molecule has 0 saturated carbocycles. The average Bonchev–Trinajstić information content (AvgIpc) is 2.82. The van der Waals surface area contributed by atoms with Gasteiger partial charge in [0.1, 0.15) is 11.8 Å². The molecule has 0 aromatic heterocycles. The summed E-state index contributed by atoms with van der Waals surface area (Å²) in [4.78, 5) is 27.7. The molecule has 0 aliphatic rings. The average molecular weight is 504 g/mol. The lowest BCUT2D eigenvalue weighted by Gasteiger charge is -2.31. The number of carbonyl (C=O) groups excluding carboxylic acids is 2. The van der Waals surface area contributed by atoms with Crippen molar-refractivity contribution in [1.82, 2.24) is 10.2 Å². The van der Waals surface area contributed by atoms with E-state index in [-0.39, 0.29) is 31.3 Å². The lowest BCUT2D eigenvalue weighted by atomic mass is 10.1. The molecule has 1 atom stereocenters. The number of aryl methyl sites for hydroxylation is 1. The number of carbonyl (C=O) groups is 2. The van der Waals surface area contributed by atoms with E-state index in [2.05, 4.69) is 5.32 Å². The Balaban J connectivity index is 2.21. The van der Waals surface area contributed by atoms with Crippen LogP contribution in [0.5, 0.6) is 5.75 Å². The molecule has 0 aliphatic heterocycles. The van der Waals surface area contributed by atoms with E-state index in [1.165, 1.54) is 4.31 Å². The number of benzene rings is 2. The quantitative estimate of drug-likeness (QED) is 0.451. The Morgan fingerprint density at radius 1 is 1.09 bits per heavy atom. The highest BCUT2D eigenvalue weighted by Crippen LogP contribution is 2.21. The van der Waals surface area contributed by atoms with Gasteiger partial charge in [-0.25, -0.2) is 8.42 Å². The van der Waals surface area contributed by atoms with Crippen LogP contribution in [0, 0.1) is 6.92 Å². The summed E-state index contributed by atoms with van der Waals surface area (Å²) in [6, 6.07) is 14.0. The van der Waals surface area contributed by atoms with Gasteiger partial charge in [0.05, 0.1) is 19.1 Å². The number of nitrogens with one attached hydrogen (secondary N) is 1. The molecule has 0 saturated heterocycles. The number of anilines is 1. The van der Waals surface area contributed by atoms with E-state index in [9.17, 15) is 18.0 Å². The van der Waals surface area contributed by atoms with Gasteiger partial charge in [0.15, 0.2) is 0 Å². The summed E-state index contributed by atoms with van der Waals surface area (Å²) >= 11 is 0. The number of hydrogen-bond acceptors (Lipinski definition) is 5. The van der Waals surface area contributed by atoms with Crippen LogP contribution < -0.4 is 14.4 Å². The normalized spacial score (nSPS) is 12.0. The molecule has 2 rings (SSSR count). The first-order valence-electron chi connectivity index (χ1n) is 11.8. The number of ether oxygens (including phenoxy) is 1. The third kappa shape index (κ3) is 8.28. The van der Waals surface area contributed by atoms with Gasteiger partial charge in [-0.15, -0.1) is 0 Å². The molecule has 0 heterocycles. The minimum atomic E-state index is -3.52. The summed E-state index contributed by atoms with van der Waals surface area (Å²) in [7, 11) is -1.94. The van der Waals surface area contributed by atoms with Crippen molar-refractivity contribution in [3.8, 4) is 5.75 Å². The number of rotatable bonds is 13. The largest absolute Gasteiger partial charge is 0.497 e. The van der Waals surface area contributed by atoms with Crippen molar-refractivity contribution in [3.05, 3.63) is 59.7 Å². The van der Waals surface area contributed by atoms with Crippen molar-refractivity contribution >= 4 is 27.5 Å². The maximum Gasteiger partial charge on any atom is 0.242 e. The molecule has 9 heteroatoms. The molecule has 0 fully saturated rings. The van der Waals surface area contributed by atoms with Crippen LogP contribution in [-0.2, 0) is 26.2 Å². The van der Waals surface area contributed by atoms with Gasteiger partial charge in [-0.1, -0.05) is 36.8 Å². The predicted molar refractivity (Wildman–Crippen MR) is 139 cm³/mol. The minimum absolute atomic E-state index is 0.109.